The number of H-pyrrole nitrogens is 1. The molecule has 4 rings (SSSR count). The van der Waals surface area contributed by atoms with Crippen LogP contribution in [0.5, 0.6) is 0 Å². The number of anilines is 2. The quantitative estimate of drug-likeness (QED) is 0.213. The van der Waals surface area contributed by atoms with Gasteiger partial charge in [0.2, 0.25) is 5.13 Å². The number of aromatic nitrogens is 4. The Morgan fingerprint density at radius 2 is 1.93 bits per heavy atom. The second kappa shape index (κ2) is 8.57. The molecule has 0 saturated heterocycles. The number of hydrogen-bond acceptors (Lipinski definition) is 8. The Hall–Kier alpha value is -3.35. The summed E-state index contributed by atoms with van der Waals surface area (Å²) in [6.07, 6.45) is 0. The monoisotopic (exact) mass is 434 g/mol. The minimum atomic E-state index is -0.0546. The minimum Gasteiger partial charge on any atom is -0.510 e. The van der Waals surface area contributed by atoms with Gasteiger partial charge in [-0.2, -0.15) is 5.26 Å². The molecule has 0 bridgehead atoms. The fourth-order valence-electron chi connectivity index (χ4n) is 2.96. The second-order valence-electron chi connectivity index (χ2n) is 6.59. The van der Waals surface area contributed by atoms with Crippen LogP contribution in [0.2, 0.25) is 0 Å². The standard InChI is InChI=1S/C21H18N6OS2/c1-12-6-5-7-13(2)18(12)25-20-26-27-21(30-20)29-11-17(28)14(10-22)19-23-15-8-3-4-9-16(15)24-19/h3-9,28H,11H2,1-2H3,(H,23,24)(H,25,26). The normalized spacial score (nSPS) is 11.9. The molecule has 0 aliphatic heterocycles. The van der Waals surface area contributed by atoms with Gasteiger partial charge < -0.3 is 15.4 Å². The fraction of sp³-hybridized carbons (Fsp3) is 0.143. The lowest BCUT2D eigenvalue weighted by Gasteiger charge is -2.09. The Morgan fingerprint density at radius 1 is 1.17 bits per heavy atom. The summed E-state index contributed by atoms with van der Waals surface area (Å²) in [7, 11) is 0. The highest BCUT2D eigenvalue weighted by Crippen LogP contribution is 2.31. The van der Waals surface area contributed by atoms with E-state index in [1.807, 2.05) is 62.4 Å². The van der Waals surface area contributed by atoms with Crippen molar-refractivity contribution in [3.63, 3.8) is 0 Å². The average Bonchev–Trinajstić information content (AvgIpc) is 3.36. The molecule has 0 radical (unpaired) electrons. The van der Waals surface area contributed by atoms with Crippen molar-refractivity contribution in [1.29, 1.82) is 5.26 Å². The maximum absolute atomic E-state index is 10.5. The van der Waals surface area contributed by atoms with Crippen molar-refractivity contribution < 1.29 is 5.11 Å². The van der Waals surface area contributed by atoms with Gasteiger partial charge in [-0.3, -0.25) is 0 Å². The fourth-order valence-corrected chi connectivity index (χ4v) is 4.60. The van der Waals surface area contributed by atoms with Crippen LogP contribution in [-0.4, -0.2) is 31.0 Å². The number of nitrogens with one attached hydrogen (secondary N) is 2. The summed E-state index contributed by atoms with van der Waals surface area (Å²) in [4.78, 5) is 7.46. The number of nitrogens with zero attached hydrogens (tertiary/aromatic N) is 4. The molecule has 7 nitrogen and oxygen atoms in total. The van der Waals surface area contributed by atoms with Crippen LogP contribution in [0.15, 0.2) is 52.6 Å². The molecule has 0 atom stereocenters. The smallest absolute Gasteiger partial charge is 0.210 e. The largest absolute Gasteiger partial charge is 0.510 e. The Balaban J connectivity index is 1.48. The van der Waals surface area contributed by atoms with E-state index >= 15 is 0 Å². The van der Waals surface area contributed by atoms with Crippen molar-refractivity contribution in [2.75, 3.05) is 11.1 Å². The van der Waals surface area contributed by atoms with E-state index in [9.17, 15) is 10.4 Å². The third-order valence-corrected chi connectivity index (χ3v) is 6.46. The lowest BCUT2D eigenvalue weighted by Crippen LogP contribution is -1.95. The molecule has 0 unspecified atom stereocenters. The number of benzene rings is 2. The molecule has 0 fully saturated rings. The molecule has 2 aromatic carbocycles. The first-order chi connectivity index (χ1) is 14.5. The first kappa shape index (κ1) is 19.9. The van der Waals surface area contributed by atoms with Gasteiger partial charge in [-0.05, 0) is 37.1 Å². The molecule has 2 heterocycles. The molecule has 9 heteroatoms. The van der Waals surface area contributed by atoms with Gasteiger partial charge in [0.1, 0.15) is 17.4 Å². The predicted octanol–water partition coefficient (Wildman–Crippen LogP) is 5.36. The summed E-state index contributed by atoms with van der Waals surface area (Å²) in [5, 5.41) is 32.3. The second-order valence-corrected chi connectivity index (χ2v) is 8.79. The summed E-state index contributed by atoms with van der Waals surface area (Å²) in [6, 6.07) is 15.6. The van der Waals surface area contributed by atoms with Crippen molar-refractivity contribution in [1.82, 2.24) is 20.2 Å². The number of rotatable bonds is 6. The molecule has 30 heavy (non-hydrogen) atoms. The van der Waals surface area contributed by atoms with Crippen LogP contribution >= 0.6 is 23.1 Å². The summed E-state index contributed by atoms with van der Waals surface area (Å²) in [5.41, 5.74) is 4.95. The van der Waals surface area contributed by atoms with Gasteiger partial charge in [0, 0.05) is 5.69 Å². The molecular formula is C21H18N6OS2. The Kier molecular flexibility index (Phi) is 5.70. The summed E-state index contributed by atoms with van der Waals surface area (Å²) < 4.78 is 0.692. The molecule has 3 N–H and O–H groups in total. The van der Waals surface area contributed by atoms with Crippen LogP contribution in [0.1, 0.15) is 17.0 Å². The van der Waals surface area contributed by atoms with Gasteiger partial charge in [0.05, 0.1) is 16.8 Å². The maximum Gasteiger partial charge on any atom is 0.210 e. The number of aryl methyl sites for hydroxylation is 2. The van der Waals surface area contributed by atoms with Gasteiger partial charge >= 0.3 is 0 Å². The predicted molar refractivity (Wildman–Crippen MR) is 121 cm³/mol. The number of hydrogen-bond donors (Lipinski definition) is 3. The number of fused-ring (bicyclic) bond motifs is 1. The molecule has 0 spiro atoms. The molecular weight excluding hydrogens is 416 g/mol. The third-order valence-electron chi connectivity index (χ3n) is 4.48. The van der Waals surface area contributed by atoms with Crippen molar-refractivity contribution in [3.05, 3.63) is 65.2 Å². The average molecular weight is 435 g/mol. The number of allylic oxidation sites excluding steroid dienone is 1. The third kappa shape index (κ3) is 4.15. The number of nitriles is 1. The zero-order valence-electron chi connectivity index (χ0n) is 16.3. The van der Waals surface area contributed by atoms with Gasteiger partial charge in [-0.15, -0.1) is 10.2 Å². The first-order valence-corrected chi connectivity index (χ1v) is 10.9. The molecule has 2 aromatic heterocycles. The van der Waals surface area contributed by atoms with E-state index in [4.69, 9.17) is 0 Å². The summed E-state index contributed by atoms with van der Waals surface area (Å²) in [6.45, 7) is 4.08. The van der Waals surface area contributed by atoms with E-state index in [-0.39, 0.29) is 17.1 Å². The first-order valence-electron chi connectivity index (χ1n) is 9.12. The van der Waals surface area contributed by atoms with Crippen LogP contribution in [0, 0.1) is 25.2 Å². The maximum atomic E-state index is 10.5. The van der Waals surface area contributed by atoms with Gasteiger partial charge in [0.25, 0.3) is 0 Å². The molecule has 4 aromatic rings. The number of aliphatic hydroxyl groups is 1. The number of aromatic amines is 1. The molecule has 0 aliphatic carbocycles. The highest BCUT2D eigenvalue weighted by Gasteiger charge is 2.15. The molecule has 0 amide bonds. The van der Waals surface area contributed by atoms with E-state index < -0.39 is 0 Å². The molecule has 0 saturated carbocycles. The Bertz CT molecular complexity index is 1230. The highest BCUT2D eigenvalue weighted by atomic mass is 32.2. The summed E-state index contributed by atoms with van der Waals surface area (Å²) >= 11 is 2.71. The minimum absolute atomic E-state index is 0.0546. The number of thioether (sulfide) groups is 1. The van der Waals surface area contributed by atoms with Crippen LogP contribution < -0.4 is 5.32 Å². The van der Waals surface area contributed by atoms with Crippen molar-refractivity contribution in [3.8, 4) is 6.07 Å². The zero-order valence-corrected chi connectivity index (χ0v) is 17.9. The summed E-state index contributed by atoms with van der Waals surface area (Å²) in [5.74, 6) is 0.491. The van der Waals surface area contributed by atoms with Gasteiger partial charge in [0.15, 0.2) is 10.2 Å². The van der Waals surface area contributed by atoms with Crippen LogP contribution in [0.3, 0.4) is 0 Å². The van der Waals surface area contributed by atoms with Crippen molar-refractivity contribution in [2.24, 2.45) is 0 Å². The lowest BCUT2D eigenvalue weighted by atomic mass is 10.1. The van der Waals surface area contributed by atoms with E-state index in [1.54, 1.807) is 0 Å². The van der Waals surface area contributed by atoms with Crippen molar-refractivity contribution >= 4 is 50.5 Å². The van der Waals surface area contributed by atoms with E-state index in [1.165, 1.54) is 23.1 Å². The van der Waals surface area contributed by atoms with Gasteiger partial charge in [-0.1, -0.05) is 53.4 Å². The highest BCUT2D eigenvalue weighted by molar-refractivity contribution is 8.01. The lowest BCUT2D eigenvalue weighted by molar-refractivity contribution is 0.420. The number of para-hydroxylation sites is 3. The molecule has 0 aliphatic rings. The molecule has 150 valence electrons. The van der Waals surface area contributed by atoms with Crippen molar-refractivity contribution in [2.45, 2.75) is 18.2 Å². The number of imidazole rings is 1. The van der Waals surface area contributed by atoms with E-state index in [2.05, 4.69) is 25.5 Å². The SMILES string of the molecule is Cc1cccc(C)c1Nc1nnc(SCC(O)=C(C#N)c2nc3ccccc3[nH]2)s1. The van der Waals surface area contributed by atoms with Crippen LogP contribution in [-0.2, 0) is 0 Å². The Morgan fingerprint density at radius 3 is 2.67 bits per heavy atom. The zero-order chi connectivity index (χ0) is 21.1. The topological polar surface area (TPSA) is 111 Å². The van der Waals surface area contributed by atoms with Gasteiger partial charge in [-0.25, -0.2) is 4.98 Å². The van der Waals surface area contributed by atoms with E-state index in [0.717, 1.165) is 27.8 Å². The van der Waals surface area contributed by atoms with Crippen LogP contribution in [0.4, 0.5) is 10.8 Å². The van der Waals surface area contributed by atoms with Crippen LogP contribution in [0.25, 0.3) is 16.6 Å². The Labute approximate surface area is 181 Å². The van der Waals surface area contributed by atoms with E-state index in [0.29, 0.717) is 15.3 Å². The number of aliphatic hydroxyl groups excluding tert-OH is 1.